The predicted molar refractivity (Wildman–Crippen MR) is 124 cm³/mol. The molecule has 0 aromatic heterocycles. The lowest BCUT2D eigenvalue weighted by atomic mass is 10.1. The predicted octanol–water partition coefficient (Wildman–Crippen LogP) is 3.66. The van der Waals surface area contributed by atoms with Crippen LogP contribution in [0.2, 0.25) is 0 Å². The molecule has 0 fully saturated rings. The Labute approximate surface area is 190 Å². The Bertz CT molecular complexity index is 867. The number of ether oxygens (including phenoxy) is 3. The summed E-state index contributed by atoms with van der Waals surface area (Å²) in [7, 11) is 3.18. The number of nitrogens with one attached hydrogen (secondary N) is 1. The zero-order chi connectivity index (χ0) is 23.5. The maximum absolute atomic E-state index is 13.2. The van der Waals surface area contributed by atoms with Crippen molar-refractivity contribution in [3.8, 4) is 17.2 Å². The maximum Gasteiger partial charge on any atom is 0.261 e. The first-order valence-corrected chi connectivity index (χ1v) is 10.8. The Balaban J connectivity index is 2.19. The van der Waals surface area contributed by atoms with Gasteiger partial charge < -0.3 is 24.4 Å². The summed E-state index contributed by atoms with van der Waals surface area (Å²) in [6, 6.07) is 13.9. The molecule has 0 heterocycles. The van der Waals surface area contributed by atoms with Crippen molar-refractivity contribution in [3.05, 3.63) is 54.1 Å². The van der Waals surface area contributed by atoms with Gasteiger partial charge in [0.15, 0.2) is 6.61 Å². The van der Waals surface area contributed by atoms with Crippen LogP contribution < -0.4 is 19.5 Å². The molecule has 0 bridgehead atoms. The Morgan fingerprint density at radius 1 is 0.969 bits per heavy atom. The van der Waals surface area contributed by atoms with Crippen molar-refractivity contribution in [1.82, 2.24) is 10.2 Å². The van der Waals surface area contributed by atoms with Crippen molar-refractivity contribution in [2.75, 3.05) is 27.4 Å². The van der Waals surface area contributed by atoms with E-state index >= 15 is 0 Å². The highest BCUT2D eigenvalue weighted by Gasteiger charge is 2.29. The van der Waals surface area contributed by atoms with E-state index in [9.17, 15) is 9.59 Å². The molecule has 0 spiro atoms. The summed E-state index contributed by atoms with van der Waals surface area (Å²) in [5, 5.41) is 2.95. The van der Waals surface area contributed by atoms with Gasteiger partial charge >= 0.3 is 0 Å². The number of hydrogen-bond donors (Lipinski definition) is 1. The van der Waals surface area contributed by atoms with Crippen molar-refractivity contribution in [2.24, 2.45) is 5.92 Å². The van der Waals surface area contributed by atoms with Crippen LogP contribution in [0.4, 0.5) is 0 Å². The highest BCUT2D eigenvalue weighted by molar-refractivity contribution is 5.88. The van der Waals surface area contributed by atoms with Crippen molar-refractivity contribution >= 4 is 11.8 Å². The first-order valence-electron chi connectivity index (χ1n) is 10.8. The second kappa shape index (κ2) is 12.6. The Kier molecular flexibility index (Phi) is 9.85. The van der Waals surface area contributed by atoms with Crippen LogP contribution in [0, 0.1) is 5.92 Å². The molecule has 0 aliphatic carbocycles. The molecule has 1 atom stereocenters. The number of carbonyl (C=O) groups excluding carboxylic acids is 2. The van der Waals surface area contributed by atoms with E-state index in [1.54, 1.807) is 43.4 Å². The third-order valence-electron chi connectivity index (χ3n) is 4.98. The molecule has 1 N–H and O–H groups in total. The fourth-order valence-electron chi connectivity index (χ4n) is 3.21. The van der Waals surface area contributed by atoms with E-state index in [-0.39, 0.29) is 25.0 Å². The van der Waals surface area contributed by atoms with Gasteiger partial charge in [0, 0.05) is 13.1 Å². The number of carbonyl (C=O) groups is 2. The standard InChI is InChI=1S/C25H34N2O5/c1-6-23(25(29)26-15-18(2)3)27(16-19-8-7-9-22(14-19)31-5)24(28)17-32-21-12-10-20(30-4)11-13-21/h7-14,18,23H,6,15-17H2,1-5H3,(H,26,29). The van der Waals surface area contributed by atoms with Gasteiger partial charge in [-0.1, -0.05) is 32.9 Å². The zero-order valence-corrected chi connectivity index (χ0v) is 19.6. The van der Waals surface area contributed by atoms with Gasteiger partial charge in [0.25, 0.3) is 5.91 Å². The van der Waals surface area contributed by atoms with Crippen molar-refractivity contribution in [2.45, 2.75) is 39.8 Å². The minimum atomic E-state index is -0.605. The summed E-state index contributed by atoms with van der Waals surface area (Å²) < 4.78 is 16.1. The zero-order valence-electron chi connectivity index (χ0n) is 19.6. The summed E-state index contributed by atoms with van der Waals surface area (Å²) in [6.07, 6.45) is 0.488. The van der Waals surface area contributed by atoms with Crippen LogP contribution >= 0.6 is 0 Å². The summed E-state index contributed by atoms with van der Waals surface area (Å²) >= 11 is 0. The van der Waals surface area contributed by atoms with Crippen LogP contribution in [-0.4, -0.2) is 50.1 Å². The molecular weight excluding hydrogens is 408 g/mol. The molecule has 32 heavy (non-hydrogen) atoms. The number of benzene rings is 2. The van der Waals surface area contributed by atoms with Crippen molar-refractivity contribution < 1.29 is 23.8 Å². The van der Waals surface area contributed by atoms with E-state index in [4.69, 9.17) is 14.2 Å². The van der Waals surface area contributed by atoms with Gasteiger partial charge in [0.1, 0.15) is 23.3 Å². The lowest BCUT2D eigenvalue weighted by Gasteiger charge is -2.31. The molecule has 0 saturated carbocycles. The molecule has 0 aliphatic heterocycles. The Morgan fingerprint density at radius 2 is 1.62 bits per heavy atom. The Hall–Kier alpha value is -3.22. The van der Waals surface area contributed by atoms with Gasteiger partial charge in [-0.3, -0.25) is 9.59 Å². The second-order valence-electron chi connectivity index (χ2n) is 7.90. The molecule has 7 nitrogen and oxygen atoms in total. The van der Waals surface area contributed by atoms with Crippen LogP contribution in [0.5, 0.6) is 17.2 Å². The lowest BCUT2D eigenvalue weighted by Crippen LogP contribution is -2.50. The van der Waals surface area contributed by atoms with E-state index < -0.39 is 6.04 Å². The van der Waals surface area contributed by atoms with E-state index in [1.807, 2.05) is 45.0 Å². The average Bonchev–Trinajstić information content (AvgIpc) is 2.81. The largest absolute Gasteiger partial charge is 0.497 e. The van der Waals surface area contributed by atoms with E-state index in [2.05, 4.69) is 5.32 Å². The molecule has 2 amide bonds. The molecule has 2 rings (SSSR count). The quantitative estimate of drug-likeness (QED) is 0.543. The Morgan fingerprint density at radius 3 is 2.22 bits per heavy atom. The average molecular weight is 443 g/mol. The second-order valence-corrected chi connectivity index (χ2v) is 7.90. The topological polar surface area (TPSA) is 77.1 Å². The van der Waals surface area contributed by atoms with Crippen LogP contribution in [0.1, 0.15) is 32.8 Å². The fraction of sp³-hybridized carbons (Fsp3) is 0.440. The normalized spacial score (nSPS) is 11.6. The number of rotatable bonds is 12. The van der Waals surface area contributed by atoms with Gasteiger partial charge in [-0.25, -0.2) is 0 Å². The smallest absolute Gasteiger partial charge is 0.261 e. The van der Waals surface area contributed by atoms with Crippen molar-refractivity contribution in [3.63, 3.8) is 0 Å². The van der Waals surface area contributed by atoms with Gasteiger partial charge in [-0.2, -0.15) is 0 Å². The molecule has 1 unspecified atom stereocenters. The molecular formula is C25H34N2O5. The molecule has 0 aliphatic rings. The number of nitrogens with zero attached hydrogens (tertiary/aromatic N) is 1. The molecule has 174 valence electrons. The van der Waals surface area contributed by atoms with Crippen molar-refractivity contribution in [1.29, 1.82) is 0 Å². The van der Waals surface area contributed by atoms with Crippen LogP contribution in [0.15, 0.2) is 48.5 Å². The number of hydrogen-bond acceptors (Lipinski definition) is 5. The molecule has 0 radical (unpaired) electrons. The molecule has 2 aromatic carbocycles. The summed E-state index contributed by atoms with van der Waals surface area (Å²) in [5.74, 6) is 1.84. The van der Waals surface area contributed by atoms with Crippen LogP contribution in [-0.2, 0) is 16.1 Å². The number of methoxy groups -OCH3 is 2. The van der Waals surface area contributed by atoms with Gasteiger partial charge in [-0.05, 0) is 54.3 Å². The van der Waals surface area contributed by atoms with E-state index in [0.717, 1.165) is 5.56 Å². The summed E-state index contributed by atoms with van der Waals surface area (Å²) in [4.78, 5) is 27.7. The highest BCUT2D eigenvalue weighted by Crippen LogP contribution is 2.19. The monoisotopic (exact) mass is 442 g/mol. The van der Waals surface area contributed by atoms with Gasteiger partial charge in [0.05, 0.1) is 14.2 Å². The summed E-state index contributed by atoms with van der Waals surface area (Å²) in [6.45, 7) is 6.61. The van der Waals surface area contributed by atoms with Gasteiger partial charge in [0.2, 0.25) is 5.91 Å². The van der Waals surface area contributed by atoms with Crippen LogP contribution in [0.3, 0.4) is 0 Å². The summed E-state index contributed by atoms with van der Waals surface area (Å²) in [5.41, 5.74) is 0.872. The minimum Gasteiger partial charge on any atom is -0.497 e. The molecule has 2 aromatic rings. The van der Waals surface area contributed by atoms with Gasteiger partial charge in [-0.15, -0.1) is 0 Å². The van der Waals surface area contributed by atoms with E-state index in [1.165, 1.54) is 0 Å². The number of amides is 2. The van der Waals surface area contributed by atoms with Crippen LogP contribution in [0.25, 0.3) is 0 Å². The first-order chi connectivity index (χ1) is 15.4. The molecule has 7 heteroatoms. The fourth-order valence-corrected chi connectivity index (χ4v) is 3.21. The maximum atomic E-state index is 13.2. The third-order valence-corrected chi connectivity index (χ3v) is 4.98. The SMILES string of the molecule is CCC(C(=O)NCC(C)C)N(Cc1cccc(OC)c1)C(=O)COc1ccc(OC)cc1. The lowest BCUT2D eigenvalue weighted by molar-refractivity contribution is -0.143. The molecule has 0 saturated heterocycles. The third kappa shape index (κ3) is 7.48. The minimum absolute atomic E-state index is 0.165. The highest BCUT2D eigenvalue weighted by atomic mass is 16.5. The first kappa shape index (κ1) is 25.0. The van der Waals surface area contributed by atoms with E-state index in [0.29, 0.717) is 36.1 Å².